The van der Waals surface area contributed by atoms with E-state index in [1.807, 2.05) is 51.1 Å². The highest BCUT2D eigenvalue weighted by atomic mass is 79.9. The van der Waals surface area contributed by atoms with Gasteiger partial charge in [-0.15, -0.1) is 0 Å². The van der Waals surface area contributed by atoms with Crippen molar-refractivity contribution in [3.05, 3.63) is 56.0 Å². The van der Waals surface area contributed by atoms with E-state index in [2.05, 4.69) is 48.9 Å². The van der Waals surface area contributed by atoms with E-state index in [-0.39, 0.29) is 5.91 Å². The maximum Gasteiger partial charge on any atom is 0.261 e. The molecule has 1 atom stereocenters. The number of carbonyl (C=O) groups is 1. The number of hydrogen-bond acceptors (Lipinski definition) is 3. The minimum absolute atomic E-state index is 0.0899. The first-order valence-electron chi connectivity index (χ1n) is 8.24. The monoisotopic (exact) mass is 475 g/mol. The van der Waals surface area contributed by atoms with Crippen LogP contribution in [0.4, 0.5) is 11.4 Å². The smallest absolute Gasteiger partial charge is 0.261 e. The molecule has 0 saturated heterocycles. The molecule has 1 heterocycles. The van der Waals surface area contributed by atoms with Gasteiger partial charge in [0.2, 0.25) is 0 Å². The lowest BCUT2D eigenvalue weighted by Gasteiger charge is -2.14. The Bertz CT molecular complexity index is 950. The van der Waals surface area contributed by atoms with Crippen LogP contribution in [-0.4, -0.2) is 17.8 Å². The minimum Gasteiger partial charge on any atom is -0.271 e. The number of anilines is 1. The van der Waals surface area contributed by atoms with E-state index in [1.54, 1.807) is 6.21 Å². The summed E-state index contributed by atoms with van der Waals surface area (Å²) in [7, 11) is 0. The normalized spacial score (nSPS) is 17.3. The van der Waals surface area contributed by atoms with Crippen molar-refractivity contribution >= 4 is 61.1 Å². The zero-order valence-electron chi connectivity index (χ0n) is 15.0. The van der Waals surface area contributed by atoms with Gasteiger partial charge in [0.15, 0.2) is 0 Å². The summed E-state index contributed by atoms with van der Waals surface area (Å²) in [6.07, 6.45) is 1.68. The zero-order valence-corrected chi connectivity index (χ0v) is 18.2. The number of rotatable bonds is 3. The Labute approximate surface area is 170 Å². The molecule has 2 aromatic rings. The summed E-state index contributed by atoms with van der Waals surface area (Å²) in [4.78, 5) is 17.4. The molecule has 26 heavy (non-hydrogen) atoms. The first kappa shape index (κ1) is 19.0. The Morgan fingerprint density at radius 3 is 2.38 bits per heavy atom. The molecule has 0 aromatic heterocycles. The third kappa shape index (κ3) is 3.67. The van der Waals surface area contributed by atoms with Crippen molar-refractivity contribution in [3.63, 3.8) is 0 Å². The second-order valence-corrected chi connectivity index (χ2v) is 8.18. The molecule has 0 N–H and O–H groups in total. The number of aliphatic imine (C=N–C) groups is 1. The molecule has 1 aliphatic rings. The van der Waals surface area contributed by atoms with Crippen molar-refractivity contribution in [2.75, 3.05) is 5.01 Å². The summed E-state index contributed by atoms with van der Waals surface area (Å²) in [5.41, 5.74) is 5.72. The first-order valence-corrected chi connectivity index (χ1v) is 9.82. The SMILES string of the molecule is CC1=NN(c2ccc(Br)c(C)c2)C(=O)C1C=Nc1cc(C)c(C)cc1Br. The summed E-state index contributed by atoms with van der Waals surface area (Å²) >= 11 is 7.02. The summed E-state index contributed by atoms with van der Waals surface area (Å²) in [6, 6.07) is 9.80. The summed E-state index contributed by atoms with van der Waals surface area (Å²) in [6.45, 7) is 7.95. The molecule has 4 nitrogen and oxygen atoms in total. The molecule has 1 aliphatic heterocycles. The van der Waals surface area contributed by atoms with Gasteiger partial charge in [-0.05, 0) is 90.6 Å². The van der Waals surface area contributed by atoms with E-state index in [4.69, 9.17) is 0 Å². The highest BCUT2D eigenvalue weighted by Crippen LogP contribution is 2.30. The van der Waals surface area contributed by atoms with E-state index in [0.29, 0.717) is 0 Å². The number of nitrogens with zero attached hydrogens (tertiary/aromatic N) is 3. The molecule has 2 aromatic carbocycles. The molecule has 0 fully saturated rings. The lowest BCUT2D eigenvalue weighted by Crippen LogP contribution is -2.27. The number of aryl methyl sites for hydroxylation is 3. The average molecular weight is 477 g/mol. The molecule has 134 valence electrons. The molecule has 0 aliphatic carbocycles. The number of hydrogen-bond donors (Lipinski definition) is 0. The molecule has 0 spiro atoms. The van der Waals surface area contributed by atoms with Gasteiger partial charge in [-0.2, -0.15) is 10.1 Å². The van der Waals surface area contributed by atoms with Gasteiger partial charge in [-0.3, -0.25) is 9.79 Å². The number of halogens is 2. The summed E-state index contributed by atoms with van der Waals surface area (Å²) in [5.74, 6) is -0.541. The number of benzene rings is 2. The molecule has 6 heteroatoms. The van der Waals surface area contributed by atoms with Crippen molar-refractivity contribution in [3.8, 4) is 0 Å². The van der Waals surface area contributed by atoms with E-state index in [1.165, 1.54) is 10.6 Å². The van der Waals surface area contributed by atoms with Gasteiger partial charge in [0.1, 0.15) is 5.92 Å². The predicted molar refractivity (Wildman–Crippen MR) is 115 cm³/mol. The van der Waals surface area contributed by atoms with E-state index in [0.717, 1.165) is 37.2 Å². The second kappa shape index (κ2) is 7.45. The van der Waals surface area contributed by atoms with Crippen molar-refractivity contribution in [1.82, 2.24) is 0 Å². The van der Waals surface area contributed by atoms with Crippen LogP contribution in [0.25, 0.3) is 0 Å². The molecule has 1 amide bonds. The third-order valence-corrected chi connectivity index (χ3v) is 6.02. The highest BCUT2D eigenvalue weighted by molar-refractivity contribution is 9.10. The Morgan fingerprint density at radius 1 is 1.00 bits per heavy atom. The maximum absolute atomic E-state index is 12.8. The van der Waals surface area contributed by atoms with Crippen LogP contribution in [0.3, 0.4) is 0 Å². The fourth-order valence-electron chi connectivity index (χ4n) is 2.72. The van der Waals surface area contributed by atoms with E-state index < -0.39 is 5.92 Å². The Morgan fingerprint density at radius 2 is 1.69 bits per heavy atom. The number of hydrazone groups is 1. The van der Waals surface area contributed by atoms with Crippen LogP contribution >= 0.6 is 31.9 Å². The van der Waals surface area contributed by atoms with Crippen LogP contribution in [0.5, 0.6) is 0 Å². The molecule has 3 rings (SSSR count). The maximum atomic E-state index is 12.8. The van der Waals surface area contributed by atoms with Crippen LogP contribution in [0.15, 0.2) is 49.4 Å². The van der Waals surface area contributed by atoms with Gasteiger partial charge in [0.05, 0.1) is 17.1 Å². The molecule has 0 saturated carbocycles. The fourth-order valence-corrected chi connectivity index (χ4v) is 3.52. The Balaban J connectivity index is 1.86. The quantitative estimate of drug-likeness (QED) is 0.510. The molecular weight excluding hydrogens is 458 g/mol. The Hall–Kier alpha value is -1.79. The molecule has 0 radical (unpaired) electrons. The Kier molecular flexibility index (Phi) is 5.44. The topological polar surface area (TPSA) is 45.0 Å². The average Bonchev–Trinajstić information content (AvgIpc) is 2.87. The highest BCUT2D eigenvalue weighted by Gasteiger charge is 2.33. The van der Waals surface area contributed by atoms with Crippen molar-refractivity contribution in [1.29, 1.82) is 0 Å². The van der Waals surface area contributed by atoms with E-state index in [9.17, 15) is 4.79 Å². The standard InChI is InChI=1S/C20H19Br2N3O/c1-11-8-18(22)19(9-12(11)2)23-10-16-14(4)24-25(20(16)26)15-5-6-17(21)13(3)7-15/h5-10,16H,1-4H3. The van der Waals surface area contributed by atoms with Crippen LogP contribution in [0.2, 0.25) is 0 Å². The summed E-state index contributed by atoms with van der Waals surface area (Å²) in [5, 5.41) is 5.90. The predicted octanol–water partition coefficient (Wildman–Crippen LogP) is 5.88. The lowest BCUT2D eigenvalue weighted by molar-refractivity contribution is -0.118. The van der Waals surface area contributed by atoms with Crippen LogP contribution in [0.1, 0.15) is 23.6 Å². The van der Waals surface area contributed by atoms with Gasteiger partial charge >= 0.3 is 0 Å². The molecule has 0 bridgehead atoms. The minimum atomic E-state index is -0.451. The van der Waals surface area contributed by atoms with Gasteiger partial charge in [-0.25, -0.2) is 0 Å². The molecular formula is C20H19Br2N3O. The van der Waals surface area contributed by atoms with Crippen molar-refractivity contribution < 1.29 is 4.79 Å². The van der Waals surface area contributed by atoms with Gasteiger partial charge in [0, 0.05) is 15.2 Å². The third-order valence-electron chi connectivity index (χ3n) is 4.49. The largest absolute Gasteiger partial charge is 0.271 e. The van der Waals surface area contributed by atoms with Gasteiger partial charge in [0.25, 0.3) is 5.91 Å². The molecule has 1 unspecified atom stereocenters. The number of amides is 1. The lowest BCUT2D eigenvalue weighted by atomic mass is 10.1. The van der Waals surface area contributed by atoms with Gasteiger partial charge < -0.3 is 0 Å². The van der Waals surface area contributed by atoms with Crippen LogP contribution in [-0.2, 0) is 4.79 Å². The van der Waals surface area contributed by atoms with Crippen molar-refractivity contribution in [2.24, 2.45) is 16.0 Å². The zero-order chi connectivity index (χ0) is 19.0. The first-order chi connectivity index (χ1) is 12.3. The van der Waals surface area contributed by atoms with E-state index >= 15 is 0 Å². The number of carbonyl (C=O) groups excluding carboxylic acids is 1. The van der Waals surface area contributed by atoms with Crippen molar-refractivity contribution in [2.45, 2.75) is 27.7 Å². The van der Waals surface area contributed by atoms with Crippen LogP contribution < -0.4 is 5.01 Å². The fraction of sp³-hybridized carbons (Fsp3) is 0.250. The van der Waals surface area contributed by atoms with Crippen LogP contribution in [0, 0.1) is 26.7 Å². The van der Waals surface area contributed by atoms with Gasteiger partial charge in [-0.1, -0.05) is 15.9 Å². The second-order valence-electron chi connectivity index (χ2n) is 6.47. The summed E-state index contributed by atoms with van der Waals surface area (Å²) < 4.78 is 1.92.